The van der Waals surface area contributed by atoms with Gasteiger partial charge in [0.15, 0.2) is 0 Å². The largest absolute Gasteiger partial charge is 0.322 e. The number of likely N-dealkylation sites (tertiary alicyclic amines) is 1. The Bertz CT molecular complexity index is 874. The van der Waals surface area contributed by atoms with Crippen molar-refractivity contribution in [1.29, 1.82) is 0 Å². The highest BCUT2D eigenvalue weighted by Crippen LogP contribution is 2.60. The molecule has 1 aromatic heterocycles. The van der Waals surface area contributed by atoms with E-state index in [0.29, 0.717) is 5.69 Å². The van der Waals surface area contributed by atoms with Crippen LogP contribution in [-0.4, -0.2) is 22.0 Å². The fraction of sp³-hybridized carbons (Fsp3) is 0.368. The minimum absolute atomic E-state index is 0.0958. The zero-order chi connectivity index (χ0) is 17.6. The number of urea groups is 1. The molecular weight excluding hydrogens is 382 g/mol. The summed E-state index contributed by atoms with van der Waals surface area (Å²) in [4.78, 5) is 26.9. The van der Waals surface area contributed by atoms with Crippen molar-refractivity contribution in [3.8, 4) is 0 Å². The van der Waals surface area contributed by atoms with Crippen molar-refractivity contribution >= 4 is 27.6 Å². The number of nitrogens with zero attached hydrogens (tertiary/aromatic N) is 2. The van der Waals surface area contributed by atoms with Gasteiger partial charge in [-0.05, 0) is 40.4 Å². The molecule has 1 saturated heterocycles. The number of aromatic nitrogens is 1. The van der Waals surface area contributed by atoms with Crippen LogP contribution in [0.3, 0.4) is 0 Å². The minimum Gasteiger partial charge on any atom is -0.316 e. The number of carbonyl (C=O) groups is 1. The Morgan fingerprint density at radius 3 is 2.64 bits per heavy atom. The maximum absolute atomic E-state index is 12.8. The fourth-order valence-electron chi connectivity index (χ4n) is 4.10. The summed E-state index contributed by atoms with van der Waals surface area (Å²) in [5.41, 5.74) is 1.47. The monoisotopic (exact) mass is 401 g/mol. The summed E-state index contributed by atoms with van der Waals surface area (Å²) in [6.07, 6.45) is 5.23. The standard InChI is InChI=1S/C19H20BrN3O2/c1-22-11-14(20)10-15(17(22)24)21-18(25)23-12-19(8-5-9-19)16(23)13-6-3-2-4-7-13/h2-4,6-7,10-11,16H,5,8-9,12H2,1H3,(H,21,25). The lowest BCUT2D eigenvalue weighted by molar-refractivity contribution is -0.0970. The number of benzene rings is 1. The second-order valence-electron chi connectivity index (χ2n) is 7.08. The van der Waals surface area contributed by atoms with Crippen molar-refractivity contribution in [2.24, 2.45) is 12.5 Å². The zero-order valence-corrected chi connectivity index (χ0v) is 15.6. The molecule has 1 N–H and O–H groups in total. The summed E-state index contributed by atoms with van der Waals surface area (Å²) in [6.45, 7) is 0.757. The van der Waals surface area contributed by atoms with Gasteiger partial charge in [-0.25, -0.2) is 4.79 Å². The van der Waals surface area contributed by atoms with Gasteiger partial charge in [0.05, 0.1) is 6.04 Å². The van der Waals surface area contributed by atoms with Gasteiger partial charge in [-0.1, -0.05) is 36.8 Å². The molecule has 0 radical (unpaired) electrons. The van der Waals surface area contributed by atoms with Gasteiger partial charge in [-0.15, -0.1) is 0 Å². The highest BCUT2D eigenvalue weighted by Gasteiger charge is 2.57. The number of hydrogen-bond donors (Lipinski definition) is 1. The summed E-state index contributed by atoms with van der Waals surface area (Å²) in [5, 5.41) is 2.80. The number of carbonyl (C=O) groups excluding carboxylic acids is 1. The second kappa shape index (κ2) is 6.02. The summed E-state index contributed by atoms with van der Waals surface area (Å²) in [6, 6.07) is 11.7. The van der Waals surface area contributed by atoms with E-state index >= 15 is 0 Å². The Kier molecular flexibility index (Phi) is 3.95. The van der Waals surface area contributed by atoms with Gasteiger partial charge in [0.2, 0.25) is 0 Å². The molecule has 4 rings (SSSR count). The van der Waals surface area contributed by atoms with Crippen molar-refractivity contribution < 1.29 is 4.79 Å². The van der Waals surface area contributed by atoms with Crippen LogP contribution in [0.4, 0.5) is 10.5 Å². The van der Waals surface area contributed by atoms with Crippen molar-refractivity contribution in [1.82, 2.24) is 9.47 Å². The molecule has 1 spiro atoms. The molecule has 2 heterocycles. The van der Waals surface area contributed by atoms with Gasteiger partial charge in [0.1, 0.15) is 5.69 Å². The highest BCUT2D eigenvalue weighted by molar-refractivity contribution is 9.10. The topological polar surface area (TPSA) is 54.3 Å². The number of rotatable bonds is 2. The fourth-order valence-corrected chi connectivity index (χ4v) is 4.64. The molecule has 1 unspecified atom stereocenters. The van der Waals surface area contributed by atoms with Crippen LogP contribution in [0.2, 0.25) is 0 Å². The van der Waals surface area contributed by atoms with Gasteiger partial charge in [-0.2, -0.15) is 0 Å². The first-order valence-electron chi connectivity index (χ1n) is 8.49. The Balaban J connectivity index is 1.59. The van der Waals surface area contributed by atoms with E-state index in [0.717, 1.165) is 23.9 Å². The molecule has 2 aliphatic rings. The highest BCUT2D eigenvalue weighted by atomic mass is 79.9. The third-order valence-corrected chi connectivity index (χ3v) is 5.93. The van der Waals surface area contributed by atoms with Crippen molar-refractivity contribution in [2.75, 3.05) is 11.9 Å². The average Bonchev–Trinajstić information content (AvgIpc) is 2.51. The van der Waals surface area contributed by atoms with Gasteiger partial charge in [0, 0.05) is 29.7 Å². The summed E-state index contributed by atoms with van der Waals surface area (Å²) >= 11 is 3.37. The van der Waals surface area contributed by atoms with E-state index in [1.807, 2.05) is 23.1 Å². The average molecular weight is 402 g/mol. The maximum atomic E-state index is 12.8. The number of halogens is 1. The van der Waals surface area contributed by atoms with Crippen molar-refractivity contribution in [2.45, 2.75) is 25.3 Å². The molecule has 5 nitrogen and oxygen atoms in total. The number of anilines is 1. The van der Waals surface area contributed by atoms with E-state index in [1.165, 1.54) is 16.6 Å². The third-order valence-electron chi connectivity index (χ3n) is 5.49. The van der Waals surface area contributed by atoms with Crippen molar-refractivity contribution in [3.63, 3.8) is 0 Å². The molecule has 25 heavy (non-hydrogen) atoms. The zero-order valence-electron chi connectivity index (χ0n) is 14.0. The molecule has 6 heteroatoms. The number of nitrogens with one attached hydrogen (secondary N) is 1. The lowest BCUT2D eigenvalue weighted by Crippen LogP contribution is -2.64. The first-order chi connectivity index (χ1) is 12.0. The summed E-state index contributed by atoms with van der Waals surface area (Å²) in [5.74, 6) is 0. The number of hydrogen-bond acceptors (Lipinski definition) is 2. The van der Waals surface area contributed by atoms with Crippen LogP contribution in [0, 0.1) is 5.41 Å². The van der Waals surface area contributed by atoms with Crippen LogP contribution in [0.5, 0.6) is 0 Å². The molecule has 1 aromatic carbocycles. The molecule has 0 bridgehead atoms. The predicted octanol–water partition coefficient (Wildman–Crippen LogP) is 3.91. The van der Waals surface area contributed by atoms with Crippen LogP contribution in [0.15, 0.2) is 51.9 Å². The van der Waals surface area contributed by atoms with Crippen molar-refractivity contribution in [3.05, 3.63) is 63.0 Å². The van der Waals surface area contributed by atoms with Crippen LogP contribution in [-0.2, 0) is 7.05 Å². The third kappa shape index (κ3) is 2.68. The molecule has 2 fully saturated rings. The molecule has 2 amide bonds. The van der Waals surface area contributed by atoms with Gasteiger partial charge in [-0.3, -0.25) is 4.79 Å². The Morgan fingerprint density at radius 2 is 2.00 bits per heavy atom. The molecule has 1 saturated carbocycles. The van der Waals surface area contributed by atoms with Crippen LogP contribution in [0.1, 0.15) is 30.9 Å². The van der Waals surface area contributed by atoms with E-state index in [9.17, 15) is 9.59 Å². The quantitative estimate of drug-likeness (QED) is 0.828. The predicted molar refractivity (Wildman–Crippen MR) is 101 cm³/mol. The minimum atomic E-state index is -0.216. The lowest BCUT2D eigenvalue weighted by atomic mass is 9.56. The lowest BCUT2D eigenvalue weighted by Gasteiger charge is -2.62. The van der Waals surface area contributed by atoms with E-state index in [-0.39, 0.29) is 23.0 Å². The Hall–Kier alpha value is -2.08. The van der Waals surface area contributed by atoms with Crippen LogP contribution in [0.25, 0.3) is 0 Å². The van der Waals surface area contributed by atoms with E-state index in [1.54, 1.807) is 19.3 Å². The number of pyridine rings is 1. The number of aryl methyl sites for hydroxylation is 1. The summed E-state index contributed by atoms with van der Waals surface area (Å²) in [7, 11) is 1.67. The normalized spacial score (nSPS) is 20.7. The first-order valence-corrected chi connectivity index (χ1v) is 9.28. The molecule has 1 aliphatic carbocycles. The smallest absolute Gasteiger partial charge is 0.316 e. The van der Waals surface area contributed by atoms with Crippen LogP contribution >= 0.6 is 15.9 Å². The second-order valence-corrected chi connectivity index (χ2v) is 7.99. The Morgan fingerprint density at radius 1 is 1.28 bits per heavy atom. The van der Waals surface area contributed by atoms with Gasteiger partial charge in [0.25, 0.3) is 5.56 Å². The van der Waals surface area contributed by atoms with E-state index in [2.05, 4.69) is 33.4 Å². The maximum Gasteiger partial charge on any atom is 0.322 e. The SMILES string of the molecule is Cn1cc(Br)cc(NC(=O)N2CC3(CCC3)C2c2ccccc2)c1=O. The molecular formula is C19H20BrN3O2. The molecule has 1 atom stereocenters. The van der Waals surface area contributed by atoms with Crippen LogP contribution < -0.4 is 10.9 Å². The van der Waals surface area contributed by atoms with E-state index in [4.69, 9.17) is 0 Å². The molecule has 2 aromatic rings. The Labute approximate surface area is 154 Å². The summed E-state index contributed by atoms with van der Waals surface area (Å²) < 4.78 is 2.21. The molecule has 1 aliphatic heterocycles. The first kappa shape index (κ1) is 16.4. The molecule has 130 valence electrons. The van der Waals surface area contributed by atoms with Gasteiger partial charge >= 0.3 is 6.03 Å². The number of amides is 2. The van der Waals surface area contributed by atoms with Gasteiger partial charge < -0.3 is 14.8 Å². The van der Waals surface area contributed by atoms with E-state index < -0.39 is 0 Å².